The van der Waals surface area contributed by atoms with Gasteiger partial charge in [0.1, 0.15) is 11.5 Å². The van der Waals surface area contributed by atoms with E-state index in [1.165, 1.54) is 6.21 Å². The Labute approximate surface area is 194 Å². The second kappa shape index (κ2) is 10.7. The number of aryl methyl sites for hydroxylation is 1. The number of methoxy groups -OCH3 is 1. The van der Waals surface area contributed by atoms with Gasteiger partial charge in [0.15, 0.2) is 5.11 Å². The Morgan fingerprint density at radius 2 is 1.87 bits per heavy atom. The van der Waals surface area contributed by atoms with E-state index in [1.807, 2.05) is 31.2 Å². The van der Waals surface area contributed by atoms with Crippen molar-refractivity contribution in [2.45, 2.75) is 6.92 Å². The van der Waals surface area contributed by atoms with E-state index in [1.54, 1.807) is 49.6 Å². The number of benzene rings is 3. The third kappa shape index (κ3) is 6.63. The Hall–Kier alpha value is -3.23. The molecule has 0 aliphatic heterocycles. The van der Waals surface area contributed by atoms with E-state index in [9.17, 15) is 4.79 Å². The second-order valence-electron chi connectivity index (χ2n) is 6.49. The minimum Gasteiger partial charge on any atom is -0.497 e. The van der Waals surface area contributed by atoms with Gasteiger partial charge >= 0.3 is 5.97 Å². The van der Waals surface area contributed by atoms with Gasteiger partial charge in [-0.2, -0.15) is 5.10 Å². The van der Waals surface area contributed by atoms with E-state index in [-0.39, 0.29) is 0 Å². The minimum atomic E-state index is -0.482. The molecule has 3 rings (SSSR count). The molecule has 158 valence electrons. The highest BCUT2D eigenvalue weighted by Gasteiger charge is 2.12. The number of hydrazone groups is 1. The maximum Gasteiger partial charge on any atom is 0.343 e. The number of nitrogens with zero attached hydrogens (tertiary/aromatic N) is 1. The van der Waals surface area contributed by atoms with Gasteiger partial charge in [0, 0.05) is 15.7 Å². The van der Waals surface area contributed by atoms with Crippen LogP contribution in [0.3, 0.4) is 0 Å². The average Bonchev–Trinajstić information content (AvgIpc) is 2.75. The van der Waals surface area contributed by atoms with Crippen LogP contribution in [0.5, 0.6) is 11.5 Å². The molecule has 2 N–H and O–H groups in total. The van der Waals surface area contributed by atoms with E-state index in [4.69, 9.17) is 21.7 Å². The molecule has 0 fully saturated rings. The molecular formula is C23H20BrN3O3S. The average molecular weight is 498 g/mol. The zero-order valence-electron chi connectivity index (χ0n) is 16.9. The quantitative estimate of drug-likeness (QED) is 0.158. The number of rotatable bonds is 6. The summed E-state index contributed by atoms with van der Waals surface area (Å²) in [6.07, 6.45) is 1.53. The van der Waals surface area contributed by atoms with Crippen LogP contribution in [0, 0.1) is 6.92 Å². The fraction of sp³-hybridized carbons (Fsp3) is 0.0870. The van der Waals surface area contributed by atoms with Gasteiger partial charge < -0.3 is 14.8 Å². The summed E-state index contributed by atoms with van der Waals surface area (Å²) in [7, 11) is 1.57. The molecule has 0 amide bonds. The lowest BCUT2D eigenvalue weighted by Crippen LogP contribution is -2.23. The second-order valence-corrected chi connectivity index (χ2v) is 7.82. The van der Waals surface area contributed by atoms with Crippen molar-refractivity contribution in [1.82, 2.24) is 5.43 Å². The fourth-order valence-corrected chi connectivity index (χ4v) is 3.19. The number of ether oxygens (including phenoxy) is 2. The van der Waals surface area contributed by atoms with Crippen molar-refractivity contribution in [3.8, 4) is 11.5 Å². The van der Waals surface area contributed by atoms with Crippen LogP contribution in [0.25, 0.3) is 0 Å². The van der Waals surface area contributed by atoms with Crippen LogP contribution in [-0.2, 0) is 0 Å². The lowest BCUT2D eigenvalue weighted by atomic mass is 10.2. The molecule has 0 heterocycles. The number of carbonyl (C=O) groups excluding carboxylic acids is 1. The first-order chi connectivity index (χ1) is 14.9. The molecule has 0 saturated heterocycles. The zero-order chi connectivity index (χ0) is 22.2. The number of anilines is 1. The number of esters is 1. The predicted molar refractivity (Wildman–Crippen MR) is 130 cm³/mol. The summed E-state index contributed by atoms with van der Waals surface area (Å²) < 4.78 is 11.5. The molecule has 0 aromatic heterocycles. The standard InChI is InChI=1S/C23H20BrN3O3S/c1-15-4-3-5-19(12-15)26-23(31)27-25-14-17-13-18(24)8-11-21(17)30-22(28)16-6-9-20(29-2)10-7-16/h3-14H,1-2H3,(H2,26,27,31)/b25-14+. The summed E-state index contributed by atoms with van der Waals surface area (Å²) in [5.74, 6) is 0.547. The molecule has 0 unspecified atom stereocenters. The van der Waals surface area contributed by atoms with E-state index in [0.29, 0.717) is 27.7 Å². The van der Waals surface area contributed by atoms with Gasteiger partial charge in [-0.25, -0.2) is 4.79 Å². The highest BCUT2D eigenvalue weighted by atomic mass is 79.9. The topological polar surface area (TPSA) is 72.0 Å². The summed E-state index contributed by atoms with van der Waals surface area (Å²) in [6, 6.07) is 19.8. The van der Waals surface area contributed by atoms with Crippen LogP contribution in [0.15, 0.2) is 76.3 Å². The number of nitrogens with one attached hydrogen (secondary N) is 2. The summed E-state index contributed by atoms with van der Waals surface area (Å²) >= 11 is 8.69. The Morgan fingerprint density at radius 3 is 2.58 bits per heavy atom. The summed E-state index contributed by atoms with van der Waals surface area (Å²) in [6.45, 7) is 2.00. The van der Waals surface area contributed by atoms with Gasteiger partial charge in [-0.15, -0.1) is 0 Å². The van der Waals surface area contributed by atoms with Gasteiger partial charge in [-0.3, -0.25) is 5.43 Å². The third-order valence-corrected chi connectivity index (χ3v) is 4.83. The molecule has 3 aromatic rings. The summed E-state index contributed by atoms with van der Waals surface area (Å²) in [5, 5.41) is 7.56. The van der Waals surface area contributed by atoms with E-state index in [2.05, 4.69) is 31.8 Å². The normalized spacial score (nSPS) is 10.5. The zero-order valence-corrected chi connectivity index (χ0v) is 19.3. The van der Waals surface area contributed by atoms with Crippen LogP contribution < -0.4 is 20.2 Å². The Balaban J connectivity index is 1.67. The van der Waals surface area contributed by atoms with Gasteiger partial charge in [0.25, 0.3) is 0 Å². The lowest BCUT2D eigenvalue weighted by Gasteiger charge is -2.09. The van der Waals surface area contributed by atoms with Crippen molar-refractivity contribution >= 4 is 51.1 Å². The van der Waals surface area contributed by atoms with Crippen LogP contribution in [0.2, 0.25) is 0 Å². The number of thiocarbonyl (C=S) groups is 1. The number of hydrogen-bond acceptors (Lipinski definition) is 5. The maximum atomic E-state index is 12.5. The van der Waals surface area contributed by atoms with Gasteiger partial charge in [-0.1, -0.05) is 28.1 Å². The van der Waals surface area contributed by atoms with Crippen LogP contribution >= 0.6 is 28.1 Å². The minimum absolute atomic E-state index is 0.341. The number of hydrogen-bond donors (Lipinski definition) is 2. The molecule has 0 bridgehead atoms. The molecular weight excluding hydrogens is 478 g/mol. The third-order valence-electron chi connectivity index (χ3n) is 4.15. The first-order valence-electron chi connectivity index (χ1n) is 9.27. The molecule has 0 spiro atoms. The first-order valence-corrected chi connectivity index (χ1v) is 10.5. The highest BCUT2D eigenvalue weighted by molar-refractivity contribution is 9.10. The van der Waals surface area contributed by atoms with Crippen molar-refractivity contribution in [3.63, 3.8) is 0 Å². The van der Waals surface area contributed by atoms with Crippen LogP contribution in [0.4, 0.5) is 5.69 Å². The SMILES string of the molecule is COc1ccc(C(=O)Oc2ccc(Br)cc2/C=N/NC(=S)Nc2cccc(C)c2)cc1. The Kier molecular flexibility index (Phi) is 7.75. The van der Waals surface area contributed by atoms with Crippen molar-refractivity contribution in [2.24, 2.45) is 5.10 Å². The van der Waals surface area contributed by atoms with E-state index >= 15 is 0 Å². The molecule has 0 aliphatic rings. The monoisotopic (exact) mass is 497 g/mol. The van der Waals surface area contributed by atoms with E-state index in [0.717, 1.165) is 15.7 Å². The fourth-order valence-electron chi connectivity index (χ4n) is 2.64. The molecule has 6 nitrogen and oxygen atoms in total. The summed E-state index contributed by atoms with van der Waals surface area (Å²) in [5.41, 5.74) is 5.76. The van der Waals surface area contributed by atoms with Crippen LogP contribution in [0.1, 0.15) is 21.5 Å². The lowest BCUT2D eigenvalue weighted by molar-refractivity contribution is 0.0734. The molecule has 31 heavy (non-hydrogen) atoms. The van der Waals surface area contributed by atoms with Crippen molar-refractivity contribution < 1.29 is 14.3 Å². The summed E-state index contributed by atoms with van der Waals surface area (Å²) in [4.78, 5) is 12.5. The Morgan fingerprint density at radius 1 is 1.10 bits per heavy atom. The molecule has 0 aliphatic carbocycles. The van der Waals surface area contributed by atoms with Crippen LogP contribution in [-0.4, -0.2) is 24.4 Å². The smallest absolute Gasteiger partial charge is 0.343 e. The molecule has 0 saturated carbocycles. The first kappa shape index (κ1) is 22.5. The molecule has 0 atom stereocenters. The van der Waals surface area contributed by atoms with Crippen molar-refractivity contribution in [3.05, 3.63) is 87.9 Å². The number of carbonyl (C=O) groups is 1. The largest absolute Gasteiger partial charge is 0.497 e. The van der Waals surface area contributed by atoms with Gasteiger partial charge in [0.2, 0.25) is 0 Å². The Bertz CT molecular complexity index is 1120. The highest BCUT2D eigenvalue weighted by Crippen LogP contribution is 2.23. The van der Waals surface area contributed by atoms with E-state index < -0.39 is 5.97 Å². The van der Waals surface area contributed by atoms with Crippen molar-refractivity contribution in [2.75, 3.05) is 12.4 Å². The molecule has 8 heteroatoms. The molecule has 0 radical (unpaired) electrons. The molecule has 3 aromatic carbocycles. The number of halogens is 1. The van der Waals surface area contributed by atoms with Crippen molar-refractivity contribution in [1.29, 1.82) is 0 Å². The van der Waals surface area contributed by atoms with Gasteiger partial charge in [-0.05, 0) is 79.3 Å². The predicted octanol–water partition coefficient (Wildman–Crippen LogP) is 5.31. The van der Waals surface area contributed by atoms with Gasteiger partial charge in [0.05, 0.1) is 18.9 Å². The maximum absolute atomic E-state index is 12.5.